The van der Waals surface area contributed by atoms with E-state index in [1.807, 2.05) is 0 Å². The van der Waals surface area contributed by atoms with Crippen LogP contribution in [-0.4, -0.2) is 60.1 Å². The third kappa shape index (κ3) is 7.50. The largest absolute Gasteiger partial charge is 0.462 e. The van der Waals surface area contributed by atoms with Crippen molar-refractivity contribution in [2.75, 3.05) is 19.8 Å². The molecule has 28 heavy (non-hydrogen) atoms. The maximum Gasteiger partial charge on any atom is 0.339 e. The Balaban J connectivity index is 3.10. The van der Waals surface area contributed by atoms with Crippen molar-refractivity contribution < 1.29 is 38.8 Å². The maximum absolute atomic E-state index is 12.5. The normalized spacial score (nSPS) is 12.6. The third-order valence-electron chi connectivity index (χ3n) is 3.44. The molecular weight excluding hydrogens is 368 g/mol. The lowest BCUT2D eigenvalue weighted by Crippen LogP contribution is -2.22. The molecule has 1 aromatic carbocycles. The molecule has 8 nitrogen and oxygen atoms in total. The molecule has 0 spiro atoms. The molecule has 0 saturated heterocycles. The molecule has 0 aliphatic carbocycles. The minimum Gasteiger partial charge on any atom is -0.462 e. The molecule has 154 valence electrons. The minimum absolute atomic E-state index is 0.0332. The molecule has 2 unspecified atom stereocenters. The second kappa shape index (κ2) is 11.2. The number of hydrogen-bond acceptors (Lipinski definition) is 8. The van der Waals surface area contributed by atoms with Crippen LogP contribution < -0.4 is 0 Å². The Morgan fingerprint density at radius 2 is 1.57 bits per heavy atom. The monoisotopic (exact) mass is 394 g/mol. The van der Waals surface area contributed by atoms with Crippen LogP contribution in [0, 0.1) is 0 Å². The molecule has 8 heteroatoms. The summed E-state index contributed by atoms with van der Waals surface area (Å²) in [5.41, 5.74) is 0.578. The molecule has 0 fully saturated rings. The number of carbonyl (C=O) groups excluding carboxylic acids is 3. The summed E-state index contributed by atoms with van der Waals surface area (Å²) >= 11 is 0. The zero-order chi connectivity index (χ0) is 21.3. The summed E-state index contributed by atoms with van der Waals surface area (Å²) in [4.78, 5) is 36.4. The second-order valence-electron chi connectivity index (χ2n) is 6.40. The van der Waals surface area contributed by atoms with Gasteiger partial charge in [0.25, 0.3) is 0 Å². The van der Waals surface area contributed by atoms with E-state index < -0.39 is 30.1 Å². The number of carbonyl (C=O) groups is 3. The van der Waals surface area contributed by atoms with E-state index in [0.29, 0.717) is 5.56 Å². The van der Waals surface area contributed by atoms with Crippen LogP contribution in [0.2, 0.25) is 0 Å². The first-order valence-corrected chi connectivity index (χ1v) is 8.78. The number of aliphatic hydroxyl groups excluding tert-OH is 2. The molecule has 2 N–H and O–H groups in total. The van der Waals surface area contributed by atoms with Gasteiger partial charge in [-0.15, -0.1) is 0 Å². The lowest BCUT2D eigenvalue weighted by Gasteiger charge is -2.15. The van der Waals surface area contributed by atoms with E-state index in [1.165, 1.54) is 26.8 Å². The predicted molar refractivity (Wildman–Crippen MR) is 99.8 cm³/mol. The standard InChI is InChI=1S/C20H26O8/c1-12(2)18(23)26-9-8-15-6-5-7-16(19(24)27-10-13(3)21)17(15)20(25)28-11-14(4)22/h5-7,13-14,21-22H,1,8-11H2,2-4H3. The highest BCUT2D eigenvalue weighted by Crippen LogP contribution is 2.19. The van der Waals surface area contributed by atoms with Gasteiger partial charge in [0, 0.05) is 12.0 Å². The highest BCUT2D eigenvalue weighted by molar-refractivity contribution is 6.04. The van der Waals surface area contributed by atoms with Gasteiger partial charge in [0.2, 0.25) is 0 Å². The van der Waals surface area contributed by atoms with Crippen molar-refractivity contribution in [3.63, 3.8) is 0 Å². The Labute approximate surface area is 163 Å². The summed E-state index contributed by atoms with van der Waals surface area (Å²) in [6, 6.07) is 4.55. The first-order chi connectivity index (χ1) is 13.1. The van der Waals surface area contributed by atoms with Crippen LogP contribution in [0.1, 0.15) is 47.1 Å². The number of hydrogen-bond donors (Lipinski definition) is 2. The number of aliphatic hydroxyl groups is 2. The third-order valence-corrected chi connectivity index (χ3v) is 3.44. The molecule has 0 heterocycles. The van der Waals surface area contributed by atoms with Crippen LogP contribution in [-0.2, 0) is 25.4 Å². The van der Waals surface area contributed by atoms with Crippen molar-refractivity contribution in [3.05, 3.63) is 47.0 Å². The molecule has 2 atom stereocenters. The molecule has 0 amide bonds. The molecule has 0 aliphatic rings. The van der Waals surface area contributed by atoms with Gasteiger partial charge in [0.1, 0.15) is 13.2 Å². The van der Waals surface area contributed by atoms with E-state index in [1.54, 1.807) is 12.1 Å². The Bertz CT molecular complexity index is 721. The van der Waals surface area contributed by atoms with Gasteiger partial charge in [-0.1, -0.05) is 18.7 Å². The summed E-state index contributed by atoms with van der Waals surface area (Å²) in [7, 11) is 0. The Morgan fingerprint density at radius 1 is 1.00 bits per heavy atom. The summed E-state index contributed by atoms with van der Waals surface area (Å²) < 4.78 is 15.1. The summed E-state index contributed by atoms with van der Waals surface area (Å²) in [5, 5.41) is 18.6. The molecule has 0 bridgehead atoms. The van der Waals surface area contributed by atoms with Crippen LogP contribution >= 0.6 is 0 Å². The van der Waals surface area contributed by atoms with Crippen LogP contribution in [0.15, 0.2) is 30.4 Å². The molecule has 0 aliphatic heterocycles. The molecule has 1 rings (SSSR count). The molecule has 0 aromatic heterocycles. The van der Waals surface area contributed by atoms with Crippen molar-refractivity contribution >= 4 is 17.9 Å². The van der Waals surface area contributed by atoms with Crippen molar-refractivity contribution in [2.45, 2.75) is 39.4 Å². The van der Waals surface area contributed by atoms with Crippen molar-refractivity contribution in [1.29, 1.82) is 0 Å². The van der Waals surface area contributed by atoms with Gasteiger partial charge in [-0.05, 0) is 32.4 Å². The first-order valence-electron chi connectivity index (χ1n) is 8.78. The van der Waals surface area contributed by atoms with Gasteiger partial charge in [0.05, 0.1) is 29.9 Å². The Morgan fingerprint density at radius 3 is 2.11 bits per heavy atom. The molecular formula is C20H26O8. The molecule has 0 radical (unpaired) electrons. The van der Waals surface area contributed by atoms with E-state index in [9.17, 15) is 24.6 Å². The van der Waals surface area contributed by atoms with E-state index in [4.69, 9.17) is 14.2 Å². The van der Waals surface area contributed by atoms with E-state index in [2.05, 4.69) is 6.58 Å². The van der Waals surface area contributed by atoms with Gasteiger partial charge in [-0.2, -0.15) is 0 Å². The van der Waals surface area contributed by atoms with Gasteiger partial charge < -0.3 is 24.4 Å². The topological polar surface area (TPSA) is 119 Å². The Hall–Kier alpha value is -2.71. The molecule has 1 aromatic rings. The fourth-order valence-electron chi connectivity index (χ4n) is 2.14. The predicted octanol–water partition coefficient (Wildman–Crippen LogP) is 1.42. The zero-order valence-electron chi connectivity index (χ0n) is 16.3. The van der Waals surface area contributed by atoms with Crippen molar-refractivity contribution in [3.8, 4) is 0 Å². The van der Waals surface area contributed by atoms with Gasteiger partial charge in [0.15, 0.2) is 0 Å². The number of esters is 3. The number of benzene rings is 1. The van der Waals surface area contributed by atoms with E-state index in [-0.39, 0.29) is 42.9 Å². The fraction of sp³-hybridized carbons (Fsp3) is 0.450. The highest BCUT2D eigenvalue weighted by atomic mass is 16.5. The van der Waals surface area contributed by atoms with Gasteiger partial charge >= 0.3 is 17.9 Å². The van der Waals surface area contributed by atoms with Crippen LogP contribution in [0.4, 0.5) is 0 Å². The molecule has 0 saturated carbocycles. The maximum atomic E-state index is 12.5. The Kier molecular flexibility index (Phi) is 9.34. The van der Waals surface area contributed by atoms with Crippen LogP contribution in [0.3, 0.4) is 0 Å². The first kappa shape index (κ1) is 23.3. The summed E-state index contributed by atoms with van der Waals surface area (Å²) in [6.45, 7) is 7.39. The summed E-state index contributed by atoms with van der Waals surface area (Å²) in [6.07, 6.45) is -1.59. The van der Waals surface area contributed by atoms with Gasteiger partial charge in [-0.25, -0.2) is 14.4 Å². The number of ether oxygens (including phenoxy) is 3. The lowest BCUT2D eigenvalue weighted by atomic mass is 9.99. The van der Waals surface area contributed by atoms with Crippen molar-refractivity contribution in [2.24, 2.45) is 0 Å². The SMILES string of the molecule is C=C(C)C(=O)OCCc1cccc(C(=O)OCC(C)O)c1C(=O)OCC(C)O. The van der Waals surface area contributed by atoms with Gasteiger partial charge in [-0.3, -0.25) is 0 Å². The van der Waals surface area contributed by atoms with E-state index in [0.717, 1.165) is 0 Å². The van der Waals surface area contributed by atoms with E-state index >= 15 is 0 Å². The lowest BCUT2D eigenvalue weighted by molar-refractivity contribution is -0.138. The average molecular weight is 394 g/mol. The summed E-state index contributed by atoms with van der Waals surface area (Å²) in [5.74, 6) is -2.18. The number of rotatable bonds is 10. The van der Waals surface area contributed by atoms with Crippen molar-refractivity contribution in [1.82, 2.24) is 0 Å². The minimum atomic E-state index is -0.877. The zero-order valence-corrected chi connectivity index (χ0v) is 16.3. The fourth-order valence-corrected chi connectivity index (χ4v) is 2.14. The second-order valence-corrected chi connectivity index (χ2v) is 6.40. The smallest absolute Gasteiger partial charge is 0.339 e. The quantitative estimate of drug-likeness (QED) is 0.347. The average Bonchev–Trinajstić information content (AvgIpc) is 2.63. The highest BCUT2D eigenvalue weighted by Gasteiger charge is 2.24. The van der Waals surface area contributed by atoms with Crippen LogP contribution in [0.5, 0.6) is 0 Å². The van der Waals surface area contributed by atoms with Crippen LogP contribution in [0.25, 0.3) is 0 Å².